The van der Waals surface area contributed by atoms with Crippen molar-refractivity contribution in [1.29, 1.82) is 0 Å². The number of oxazole rings is 1. The molecule has 1 heterocycles. The molecule has 20 heavy (non-hydrogen) atoms. The maximum atomic E-state index is 13.2. The summed E-state index contributed by atoms with van der Waals surface area (Å²) in [5.74, 6) is -1.10. The quantitative estimate of drug-likeness (QED) is 0.765. The van der Waals surface area contributed by atoms with E-state index in [9.17, 15) is 9.18 Å². The van der Waals surface area contributed by atoms with Crippen LogP contribution in [0, 0.1) is 5.82 Å². The second-order valence-electron chi connectivity index (χ2n) is 4.14. The number of carbonyl (C=O) groups is 1. The third-order valence-corrected chi connectivity index (χ3v) is 3.41. The number of carboxylic acid groups (broad SMARTS) is 1. The first-order valence-corrected chi connectivity index (χ1v) is 6.43. The van der Waals surface area contributed by atoms with E-state index in [2.05, 4.69) is 20.9 Å². The average Bonchev–Trinajstić information content (AvgIpc) is 2.84. The van der Waals surface area contributed by atoms with Crippen LogP contribution in [0.2, 0.25) is 0 Å². The summed E-state index contributed by atoms with van der Waals surface area (Å²) >= 11 is 3.10. The molecular weight excluding hydrogens is 329 g/mol. The monoisotopic (exact) mass is 335 g/mol. The number of benzene rings is 2. The Morgan fingerprint density at radius 1 is 1.25 bits per heavy atom. The van der Waals surface area contributed by atoms with Crippen LogP contribution >= 0.6 is 15.9 Å². The largest absolute Gasteiger partial charge is 0.478 e. The fourth-order valence-corrected chi connectivity index (χ4v) is 2.19. The topological polar surface area (TPSA) is 63.3 Å². The molecule has 1 N–H and O–H groups in total. The fourth-order valence-electron chi connectivity index (χ4n) is 1.81. The minimum Gasteiger partial charge on any atom is -0.478 e. The van der Waals surface area contributed by atoms with Crippen molar-refractivity contribution in [3.63, 3.8) is 0 Å². The number of hydrogen-bond donors (Lipinski definition) is 1. The number of carboxylic acids is 1. The van der Waals surface area contributed by atoms with Gasteiger partial charge in [-0.3, -0.25) is 0 Å². The van der Waals surface area contributed by atoms with Gasteiger partial charge >= 0.3 is 5.97 Å². The van der Waals surface area contributed by atoms with E-state index in [4.69, 9.17) is 9.52 Å². The highest BCUT2D eigenvalue weighted by molar-refractivity contribution is 9.10. The molecule has 3 rings (SSSR count). The van der Waals surface area contributed by atoms with Crippen molar-refractivity contribution in [3.05, 3.63) is 52.3 Å². The van der Waals surface area contributed by atoms with E-state index < -0.39 is 5.97 Å². The maximum Gasteiger partial charge on any atom is 0.335 e. The Balaban J connectivity index is 2.12. The Bertz CT molecular complexity index is 828. The van der Waals surface area contributed by atoms with Gasteiger partial charge in [-0.2, -0.15) is 0 Å². The third-order valence-electron chi connectivity index (χ3n) is 2.80. The first kappa shape index (κ1) is 12.8. The predicted molar refractivity (Wildman–Crippen MR) is 74.1 cm³/mol. The normalized spacial score (nSPS) is 10.9. The van der Waals surface area contributed by atoms with Crippen LogP contribution in [0.1, 0.15) is 10.4 Å². The molecule has 3 aromatic rings. The predicted octanol–water partition coefficient (Wildman–Crippen LogP) is 4.09. The number of aromatic nitrogens is 1. The van der Waals surface area contributed by atoms with Crippen molar-refractivity contribution in [1.82, 2.24) is 4.98 Å². The maximum absolute atomic E-state index is 13.2. The van der Waals surface area contributed by atoms with E-state index in [1.807, 2.05) is 0 Å². The molecule has 0 saturated carbocycles. The lowest BCUT2D eigenvalue weighted by Gasteiger charge is -1.97. The van der Waals surface area contributed by atoms with E-state index in [-0.39, 0.29) is 11.4 Å². The van der Waals surface area contributed by atoms with Crippen molar-refractivity contribution >= 4 is 33.0 Å². The van der Waals surface area contributed by atoms with Crippen LogP contribution in [0.3, 0.4) is 0 Å². The van der Waals surface area contributed by atoms with Crippen LogP contribution in [0.25, 0.3) is 22.6 Å². The molecule has 0 aliphatic carbocycles. The number of hydrogen-bond acceptors (Lipinski definition) is 3. The Kier molecular flexibility index (Phi) is 3.02. The number of aromatic carboxylic acids is 1. The van der Waals surface area contributed by atoms with Gasteiger partial charge in [0.05, 0.1) is 10.0 Å². The third kappa shape index (κ3) is 2.18. The first-order chi connectivity index (χ1) is 9.54. The van der Waals surface area contributed by atoms with Crippen molar-refractivity contribution in [2.24, 2.45) is 0 Å². The highest BCUT2D eigenvalue weighted by Crippen LogP contribution is 2.28. The van der Waals surface area contributed by atoms with Gasteiger partial charge in [0.1, 0.15) is 11.3 Å². The van der Waals surface area contributed by atoms with Crippen molar-refractivity contribution < 1.29 is 18.7 Å². The summed E-state index contributed by atoms with van der Waals surface area (Å²) in [5.41, 5.74) is 1.66. The molecule has 1 aromatic heterocycles. The molecule has 0 saturated heterocycles. The Morgan fingerprint density at radius 2 is 2.05 bits per heavy atom. The second-order valence-corrected chi connectivity index (χ2v) is 4.99. The van der Waals surface area contributed by atoms with Crippen LogP contribution in [0.15, 0.2) is 45.3 Å². The Hall–Kier alpha value is -2.21. The minimum atomic E-state index is -1.03. The molecule has 6 heteroatoms. The van der Waals surface area contributed by atoms with E-state index in [0.29, 0.717) is 27.0 Å². The zero-order chi connectivity index (χ0) is 14.3. The zero-order valence-corrected chi connectivity index (χ0v) is 11.5. The number of rotatable bonds is 2. The summed E-state index contributed by atoms with van der Waals surface area (Å²) in [6.07, 6.45) is 0. The van der Waals surface area contributed by atoms with Gasteiger partial charge in [0.15, 0.2) is 5.58 Å². The van der Waals surface area contributed by atoms with E-state index in [1.54, 1.807) is 18.2 Å². The van der Waals surface area contributed by atoms with Crippen LogP contribution in [-0.4, -0.2) is 16.1 Å². The lowest BCUT2D eigenvalue weighted by Crippen LogP contribution is -1.94. The second kappa shape index (κ2) is 4.72. The molecule has 0 spiro atoms. The standard InChI is InChI=1S/C14H7BrFNO3/c15-9-5-7(1-3-10(9)16)13-17-11-6-8(14(18)19)2-4-12(11)20-13/h1-6H,(H,18,19). The molecular formula is C14H7BrFNO3. The molecule has 100 valence electrons. The summed E-state index contributed by atoms with van der Waals surface area (Å²) in [5, 5.41) is 8.93. The Morgan fingerprint density at radius 3 is 2.75 bits per heavy atom. The van der Waals surface area contributed by atoms with Crippen molar-refractivity contribution in [3.8, 4) is 11.5 Å². The van der Waals surface area contributed by atoms with Crippen LogP contribution < -0.4 is 0 Å². The van der Waals surface area contributed by atoms with Crippen LogP contribution in [-0.2, 0) is 0 Å². The summed E-state index contributed by atoms with van der Waals surface area (Å²) in [4.78, 5) is 15.1. The summed E-state index contributed by atoms with van der Waals surface area (Å²) in [7, 11) is 0. The highest BCUT2D eigenvalue weighted by Gasteiger charge is 2.12. The van der Waals surface area contributed by atoms with Crippen LogP contribution in [0.5, 0.6) is 0 Å². The number of halogens is 2. The van der Waals surface area contributed by atoms with Gasteiger partial charge in [-0.15, -0.1) is 0 Å². The van der Waals surface area contributed by atoms with E-state index in [0.717, 1.165) is 0 Å². The first-order valence-electron chi connectivity index (χ1n) is 5.64. The number of fused-ring (bicyclic) bond motifs is 1. The van der Waals surface area contributed by atoms with Gasteiger partial charge in [-0.05, 0) is 52.3 Å². The summed E-state index contributed by atoms with van der Waals surface area (Å²) in [6, 6.07) is 8.83. The SMILES string of the molecule is O=C(O)c1ccc2oc(-c3ccc(F)c(Br)c3)nc2c1. The summed E-state index contributed by atoms with van der Waals surface area (Å²) < 4.78 is 19.0. The van der Waals surface area contributed by atoms with Gasteiger partial charge in [-0.1, -0.05) is 0 Å². The van der Waals surface area contributed by atoms with Gasteiger partial charge in [0.2, 0.25) is 5.89 Å². The van der Waals surface area contributed by atoms with Crippen molar-refractivity contribution in [2.45, 2.75) is 0 Å². The van der Waals surface area contributed by atoms with Gasteiger partial charge < -0.3 is 9.52 Å². The highest BCUT2D eigenvalue weighted by atomic mass is 79.9. The smallest absolute Gasteiger partial charge is 0.335 e. The van der Waals surface area contributed by atoms with Crippen molar-refractivity contribution in [2.75, 3.05) is 0 Å². The van der Waals surface area contributed by atoms with Gasteiger partial charge in [0, 0.05) is 5.56 Å². The molecule has 0 amide bonds. The lowest BCUT2D eigenvalue weighted by molar-refractivity contribution is 0.0697. The lowest BCUT2D eigenvalue weighted by atomic mass is 10.2. The molecule has 0 fully saturated rings. The van der Waals surface area contributed by atoms with E-state index >= 15 is 0 Å². The Labute approximate surface area is 121 Å². The zero-order valence-electron chi connectivity index (χ0n) is 9.93. The van der Waals surface area contributed by atoms with E-state index in [1.165, 1.54) is 18.2 Å². The number of nitrogens with zero attached hydrogens (tertiary/aromatic N) is 1. The molecule has 0 unspecified atom stereocenters. The minimum absolute atomic E-state index is 0.137. The molecule has 0 atom stereocenters. The average molecular weight is 336 g/mol. The molecule has 0 aliphatic rings. The van der Waals surface area contributed by atoms with Gasteiger partial charge in [-0.25, -0.2) is 14.2 Å². The fraction of sp³-hybridized carbons (Fsp3) is 0. The molecule has 0 aliphatic heterocycles. The summed E-state index contributed by atoms with van der Waals surface area (Å²) in [6.45, 7) is 0. The molecule has 0 bridgehead atoms. The van der Waals surface area contributed by atoms with Crippen LogP contribution in [0.4, 0.5) is 4.39 Å². The molecule has 0 radical (unpaired) electrons. The van der Waals surface area contributed by atoms with Gasteiger partial charge in [0.25, 0.3) is 0 Å². The molecule has 4 nitrogen and oxygen atoms in total. The molecule has 2 aromatic carbocycles.